The quantitative estimate of drug-likeness (QED) is 0.787. The largest absolute Gasteiger partial charge is 0.392 e. The smallest absolute Gasteiger partial charge is 0.234 e. The summed E-state index contributed by atoms with van der Waals surface area (Å²) >= 11 is 0. The fraction of sp³-hybridized carbons (Fsp3) is 0.333. The molecular formula is C18H22N4O. The number of nitrogens with zero attached hydrogens (tertiary/aromatic N) is 4. The van der Waals surface area contributed by atoms with Gasteiger partial charge in [0, 0.05) is 29.8 Å². The minimum absolute atomic E-state index is 0.408. The summed E-state index contributed by atoms with van der Waals surface area (Å²) in [6.07, 6.45) is 1.61. The number of fused-ring (bicyclic) bond motifs is 1. The number of benzene rings is 1. The Labute approximate surface area is 136 Å². The van der Waals surface area contributed by atoms with Gasteiger partial charge in [0.15, 0.2) is 0 Å². The fourth-order valence-electron chi connectivity index (χ4n) is 2.81. The molecule has 23 heavy (non-hydrogen) atoms. The Morgan fingerprint density at radius 3 is 2.61 bits per heavy atom. The van der Waals surface area contributed by atoms with E-state index in [0.29, 0.717) is 13.1 Å². The number of aliphatic hydroxyl groups excluding tert-OH is 1. The molecule has 5 nitrogen and oxygen atoms in total. The number of imidazole rings is 1. The number of aliphatic hydroxyl groups is 1. The minimum Gasteiger partial charge on any atom is -0.392 e. The van der Waals surface area contributed by atoms with Crippen LogP contribution in [-0.4, -0.2) is 32.1 Å². The first kappa shape index (κ1) is 15.5. The molecule has 3 aromatic rings. The predicted octanol–water partition coefficient (Wildman–Crippen LogP) is 2.73. The molecule has 0 aliphatic heterocycles. The highest BCUT2D eigenvalue weighted by Gasteiger charge is 2.13. The van der Waals surface area contributed by atoms with Gasteiger partial charge in [-0.05, 0) is 39.0 Å². The van der Waals surface area contributed by atoms with Crippen molar-refractivity contribution in [3.8, 4) is 0 Å². The van der Waals surface area contributed by atoms with Crippen LogP contribution in [0.4, 0.5) is 5.69 Å². The van der Waals surface area contributed by atoms with Gasteiger partial charge in [-0.2, -0.15) is 0 Å². The highest BCUT2D eigenvalue weighted by Crippen LogP contribution is 2.18. The summed E-state index contributed by atoms with van der Waals surface area (Å²) in [4.78, 5) is 11.3. The molecule has 120 valence electrons. The number of anilines is 1. The highest BCUT2D eigenvalue weighted by molar-refractivity contribution is 5.47. The van der Waals surface area contributed by atoms with Gasteiger partial charge in [-0.3, -0.25) is 4.40 Å². The van der Waals surface area contributed by atoms with Crippen LogP contribution in [0.15, 0.2) is 42.6 Å². The van der Waals surface area contributed by atoms with Crippen LogP contribution in [0.2, 0.25) is 0 Å². The van der Waals surface area contributed by atoms with E-state index < -0.39 is 6.10 Å². The van der Waals surface area contributed by atoms with Crippen LogP contribution >= 0.6 is 0 Å². The zero-order valence-electron chi connectivity index (χ0n) is 13.8. The standard InChI is InChI=1S/C18H22N4O/c1-13-9-14(2)22-12-16(20-18(22)19-13)11-21(10-15(3)23)17-7-5-4-6-8-17/h4-9,12,15,23H,10-11H2,1-3H3/t15-/m0/s1. The van der Waals surface area contributed by atoms with Gasteiger partial charge in [-0.15, -0.1) is 0 Å². The van der Waals surface area contributed by atoms with Gasteiger partial charge in [0.25, 0.3) is 0 Å². The molecule has 2 heterocycles. The second-order valence-electron chi connectivity index (χ2n) is 6.01. The number of aromatic nitrogens is 3. The summed E-state index contributed by atoms with van der Waals surface area (Å²) < 4.78 is 2.01. The molecule has 0 unspecified atom stereocenters. The van der Waals surface area contributed by atoms with E-state index in [1.165, 1.54) is 0 Å². The minimum atomic E-state index is -0.408. The molecule has 2 aromatic heterocycles. The molecule has 0 spiro atoms. The third-order valence-corrected chi connectivity index (χ3v) is 3.77. The zero-order valence-corrected chi connectivity index (χ0v) is 13.8. The average molecular weight is 310 g/mol. The summed E-state index contributed by atoms with van der Waals surface area (Å²) in [6, 6.07) is 12.1. The van der Waals surface area contributed by atoms with Gasteiger partial charge in [-0.25, -0.2) is 9.97 Å². The van der Waals surface area contributed by atoms with Crippen molar-refractivity contribution >= 4 is 11.5 Å². The molecule has 1 aromatic carbocycles. The van der Waals surface area contributed by atoms with Crippen molar-refractivity contribution in [3.05, 3.63) is 59.7 Å². The van der Waals surface area contributed by atoms with Crippen LogP contribution in [0.25, 0.3) is 5.78 Å². The topological polar surface area (TPSA) is 53.7 Å². The second kappa shape index (κ2) is 6.38. The Hall–Kier alpha value is -2.40. The van der Waals surface area contributed by atoms with Crippen molar-refractivity contribution < 1.29 is 5.11 Å². The molecule has 1 atom stereocenters. The summed E-state index contributed by atoms with van der Waals surface area (Å²) in [5, 5.41) is 9.80. The Morgan fingerprint density at radius 2 is 1.91 bits per heavy atom. The SMILES string of the molecule is Cc1cc(C)n2cc(CN(C[C@H](C)O)c3ccccc3)nc2n1. The molecule has 1 N–H and O–H groups in total. The summed E-state index contributed by atoms with van der Waals surface area (Å²) in [7, 11) is 0. The molecule has 0 amide bonds. The van der Waals surface area contributed by atoms with Crippen LogP contribution in [0.5, 0.6) is 0 Å². The van der Waals surface area contributed by atoms with E-state index in [-0.39, 0.29) is 0 Å². The van der Waals surface area contributed by atoms with Gasteiger partial charge in [0.05, 0.1) is 18.3 Å². The molecule has 5 heteroatoms. The van der Waals surface area contributed by atoms with E-state index >= 15 is 0 Å². The molecule has 3 rings (SSSR count). The zero-order chi connectivity index (χ0) is 16.4. The first-order valence-electron chi connectivity index (χ1n) is 7.83. The molecular weight excluding hydrogens is 288 g/mol. The van der Waals surface area contributed by atoms with Gasteiger partial charge in [-0.1, -0.05) is 18.2 Å². The van der Waals surface area contributed by atoms with Crippen LogP contribution in [-0.2, 0) is 6.54 Å². The van der Waals surface area contributed by atoms with Gasteiger partial charge in [0.2, 0.25) is 5.78 Å². The average Bonchev–Trinajstić information content (AvgIpc) is 2.90. The Balaban J connectivity index is 1.92. The normalized spacial score (nSPS) is 12.5. The van der Waals surface area contributed by atoms with E-state index in [1.807, 2.05) is 53.9 Å². The maximum Gasteiger partial charge on any atom is 0.234 e. The number of hydrogen-bond donors (Lipinski definition) is 1. The van der Waals surface area contributed by atoms with Crippen LogP contribution < -0.4 is 4.90 Å². The fourth-order valence-corrected chi connectivity index (χ4v) is 2.81. The number of rotatable bonds is 5. The lowest BCUT2D eigenvalue weighted by molar-refractivity contribution is 0.199. The third-order valence-electron chi connectivity index (χ3n) is 3.77. The summed E-state index contributed by atoms with van der Waals surface area (Å²) in [6.45, 7) is 7.03. The monoisotopic (exact) mass is 310 g/mol. The molecule has 0 radical (unpaired) electrons. The van der Waals surface area contributed by atoms with E-state index in [0.717, 1.165) is 28.5 Å². The van der Waals surface area contributed by atoms with Crippen molar-refractivity contribution in [3.63, 3.8) is 0 Å². The molecule has 0 saturated heterocycles. The molecule has 0 saturated carbocycles. The summed E-state index contributed by atoms with van der Waals surface area (Å²) in [5.74, 6) is 0.725. The number of hydrogen-bond acceptors (Lipinski definition) is 4. The Kier molecular flexibility index (Phi) is 4.30. The number of para-hydroxylation sites is 1. The molecule has 0 bridgehead atoms. The van der Waals surface area contributed by atoms with Crippen molar-refractivity contribution in [1.29, 1.82) is 0 Å². The van der Waals surface area contributed by atoms with Crippen LogP contribution in [0.1, 0.15) is 24.0 Å². The van der Waals surface area contributed by atoms with E-state index in [2.05, 4.69) is 21.8 Å². The maximum atomic E-state index is 9.80. The van der Waals surface area contributed by atoms with Crippen molar-refractivity contribution in [2.24, 2.45) is 0 Å². The van der Waals surface area contributed by atoms with E-state index in [1.54, 1.807) is 6.92 Å². The first-order valence-corrected chi connectivity index (χ1v) is 7.83. The second-order valence-corrected chi connectivity index (χ2v) is 6.01. The van der Waals surface area contributed by atoms with Crippen molar-refractivity contribution in [2.45, 2.75) is 33.4 Å². The third kappa shape index (κ3) is 3.51. The molecule has 0 fully saturated rings. The van der Waals surface area contributed by atoms with Crippen LogP contribution in [0, 0.1) is 13.8 Å². The Bertz CT molecular complexity index is 795. The lowest BCUT2D eigenvalue weighted by Gasteiger charge is -2.25. The highest BCUT2D eigenvalue weighted by atomic mass is 16.3. The van der Waals surface area contributed by atoms with Gasteiger partial charge in [0.1, 0.15) is 0 Å². The van der Waals surface area contributed by atoms with Crippen molar-refractivity contribution in [2.75, 3.05) is 11.4 Å². The van der Waals surface area contributed by atoms with E-state index in [9.17, 15) is 5.11 Å². The Morgan fingerprint density at radius 1 is 1.17 bits per heavy atom. The van der Waals surface area contributed by atoms with E-state index in [4.69, 9.17) is 0 Å². The maximum absolute atomic E-state index is 9.80. The predicted molar refractivity (Wildman–Crippen MR) is 91.6 cm³/mol. The summed E-state index contributed by atoms with van der Waals surface area (Å²) in [5.41, 5.74) is 4.10. The van der Waals surface area contributed by atoms with Crippen LogP contribution in [0.3, 0.4) is 0 Å². The van der Waals surface area contributed by atoms with Gasteiger partial charge >= 0.3 is 0 Å². The number of aryl methyl sites for hydroxylation is 2. The lowest BCUT2D eigenvalue weighted by atomic mass is 10.2. The molecule has 0 aliphatic carbocycles. The van der Waals surface area contributed by atoms with Crippen molar-refractivity contribution in [1.82, 2.24) is 14.4 Å². The lowest BCUT2D eigenvalue weighted by Crippen LogP contribution is -2.30. The first-order chi connectivity index (χ1) is 11.0. The molecule has 0 aliphatic rings. The van der Waals surface area contributed by atoms with Gasteiger partial charge < -0.3 is 10.0 Å².